The van der Waals surface area contributed by atoms with Crippen LogP contribution >= 0.6 is 0 Å². The van der Waals surface area contributed by atoms with E-state index in [1.807, 2.05) is 21.1 Å². The van der Waals surface area contributed by atoms with Crippen LogP contribution < -0.4 is 0 Å². The minimum Gasteiger partial charge on any atom is -0.477 e. The van der Waals surface area contributed by atoms with Crippen molar-refractivity contribution < 1.29 is 42.9 Å². The number of nitrogens with zero attached hydrogens (tertiary/aromatic N) is 1. The van der Waals surface area contributed by atoms with Crippen LogP contribution in [0, 0.1) is 0 Å². The fraction of sp³-hybridized carbons (Fsp3) is 0.756. The van der Waals surface area contributed by atoms with Crippen molar-refractivity contribution in [2.45, 2.75) is 174 Å². The minimum atomic E-state index is -1.52. The van der Waals surface area contributed by atoms with Crippen LogP contribution in [0.2, 0.25) is 0 Å². The topological polar surface area (TPSA) is 108 Å². The van der Waals surface area contributed by atoms with Gasteiger partial charge in [-0.3, -0.25) is 9.59 Å². The number of hydrogen-bond acceptors (Lipinski definition) is 7. The largest absolute Gasteiger partial charge is 0.477 e. The molecule has 0 rings (SSSR count). The Balaban J connectivity index is 4.53. The first-order valence-corrected chi connectivity index (χ1v) is 21.3. The number of quaternary nitrogens is 1. The molecule has 0 radical (unpaired) electrons. The van der Waals surface area contributed by atoms with Crippen molar-refractivity contribution in [1.29, 1.82) is 0 Å². The lowest BCUT2D eigenvalue weighted by Gasteiger charge is -2.25. The fourth-order valence-corrected chi connectivity index (χ4v) is 5.43. The van der Waals surface area contributed by atoms with Crippen molar-refractivity contribution >= 4 is 17.9 Å². The number of aliphatic carboxylic acids is 1. The summed E-state index contributed by atoms with van der Waals surface area (Å²) in [4.78, 5) is 37.0. The molecule has 0 aromatic rings. The van der Waals surface area contributed by atoms with Crippen LogP contribution in [-0.4, -0.2) is 87.4 Å². The molecule has 9 heteroatoms. The summed E-state index contributed by atoms with van der Waals surface area (Å²) in [5.41, 5.74) is 0. The van der Waals surface area contributed by atoms with Crippen LogP contribution in [0.15, 0.2) is 48.6 Å². The summed E-state index contributed by atoms with van der Waals surface area (Å²) in [6.45, 7) is 4.73. The van der Waals surface area contributed by atoms with Gasteiger partial charge in [-0.2, -0.15) is 0 Å². The third kappa shape index (κ3) is 37.6. The average Bonchev–Trinajstić information content (AvgIpc) is 3.12. The maximum absolute atomic E-state index is 12.7. The molecule has 0 saturated carbocycles. The standard InChI is InChI=1S/C45H79NO8/c1-6-8-10-12-14-16-18-20-21-22-24-26-28-30-32-34-36-43(48)54-41(40-53-45(44(49)50)51-38-37-46(3,4)5)39-52-42(47)35-33-31-29-27-25-23-19-17-15-13-11-9-7-2/h11,13,16-19,21-22,41,45H,6-10,12,14-15,20,23-40H2,1-5H3/p+1/b13-11-,18-16-,19-17-,22-21-. The monoisotopic (exact) mass is 763 g/mol. The van der Waals surface area contributed by atoms with Gasteiger partial charge in [-0.15, -0.1) is 0 Å². The Morgan fingerprint density at radius 2 is 1.04 bits per heavy atom. The van der Waals surface area contributed by atoms with E-state index < -0.39 is 24.3 Å². The lowest BCUT2D eigenvalue weighted by Crippen LogP contribution is -2.40. The molecule has 0 aliphatic carbocycles. The van der Waals surface area contributed by atoms with E-state index in [4.69, 9.17) is 18.9 Å². The Hall–Kier alpha value is -2.75. The van der Waals surface area contributed by atoms with E-state index in [0.29, 0.717) is 17.4 Å². The number of carbonyl (C=O) groups is 3. The van der Waals surface area contributed by atoms with Crippen LogP contribution in [0.1, 0.15) is 162 Å². The van der Waals surface area contributed by atoms with E-state index in [0.717, 1.165) is 89.9 Å². The Morgan fingerprint density at radius 3 is 1.54 bits per heavy atom. The average molecular weight is 763 g/mol. The molecule has 312 valence electrons. The summed E-state index contributed by atoms with van der Waals surface area (Å²) >= 11 is 0. The van der Waals surface area contributed by atoms with Crippen LogP contribution in [-0.2, 0) is 33.3 Å². The van der Waals surface area contributed by atoms with E-state index in [1.165, 1.54) is 38.5 Å². The molecule has 0 aliphatic heterocycles. The normalized spacial score (nSPS) is 13.4. The summed E-state index contributed by atoms with van der Waals surface area (Å²) in [6.07, 6.45) is 38.8. The fourth-order valence-electron chi connectivity index (χ4n) is 5.43. The first-order valence-electron chi connectivity index (χ1n) is 21.3. The molecule has 1 N–H and O–H groups in total. The van der Waals surface area contributed by atoms with E-state index >= 15 is 0 Å². The molecule has 0 spiro atoms. The third-order valence-electron chi connectivity index (χ3n) is 8.79. The first kappa shape index (κ1) is 51.2. The van der Waals surface area contributed by atoms with Gasteiger partial charge in [-0.1, -0.05) is 127 Å². The Morgan fingerprint density at radius 1 is 0.556 bits per heavy atom. The molecular weight excluding hydrogens is 682 g/mol. The molecule has 54 heavy (non-hydrogen) atoms. The minimum absolute atomic E-state index is 0.181. The Labute approximate surface area is 330 Å². The van der Waals surface area contributed by atoms with Gasteiger partial charge in [-0.25, -0.2) is 4.79 Å². The van der Waals surface area contributed by atoms with Crippen LogP contribution in [0.3, 0.4) is 0 Å². The molecular formula is C45H80NO8+. The highest BCUT2D eigenvalue weighted by Gasteiger charge is 2.25. The van der Waals surface area contributed by atoms with Crippen LogP contribution in [0.25, 0.3) is 0 Å². The van der Waals surface area contributed by atoms with Gasteiger partial charge in [0, 0.05) is 12.8 Å². The van der Waals surface area contributed by atoms with Gasteiger partial charge in [-0.05, 0) is 70.6 Å². The zero-order chi connectivity index (χ0) is 40.0. The number of esters is 2. The number of rotatable bonds is 38. The Bertz CT molecular complexity index is 1030. The van der Waals surface area contributed by atoms with Crippen LogP contribution in [0.5, 0.6) is 0 Å². The molecule has 0 fully saturated rings. The number of carbonyl (C=O) groups excluding carboxylic acids is 2. The van der Waals surface area contributed by atoms with Gasteiger partial charge in [0.1, 0.15) is 13.2 Å². The lowest BCUT2D eigenvalue weighted by molar-refractivity contribution is -0.870. The van der Waals surface area contributed by atoms with Gasteiger partial charge in [0.05, 0.1) is 34.4 Å². The first-order chi connectivity index (χ1) is 26.1. The second kappa shape index (κ2) is 37.2. The van der Waals surface area contributed by atoms with Crippen molar-refractivity contribution in [2.75, 3.05) is 47.5 Å². The van der Waals surface area contributed by atoms with Crippen molar-refractivity contribution in [3.05, 3.63) is 48.6 Å². The summed E-state index contributed by atoms with van der Waals surface area (Å²) in [6, 6.07) is 0. The molecule has 0 amide bonds. The molecule has 0 aromatic heterocycles. The van der Waals surface area contributed by atoms with Gasteiger partial charge in [0.25, 0.3) is 6.29 Å². The highest BCUT2D eigenvalue weighted by atomic mass is 16.7. The van der Waals surface area contributed by atoms with Gasteiger partial charge < -0.3 is 28.5 Å². The van der Waals surface area contributed by atoms with Gasteiger partial charge in [0.2, 0.25) is 0 Å². The van der Waals surface area contributed by atoms with Gasteiger partial charge >= 0.3 is 17.9 Å². The molecule has 0 aromatic carbocycles. The number of hydrogen-bond donors (Lipinski definition) is 1. The SMILES string of the molecule is CCC/C=C\C/C=C\CCCCCCCC(=O)OCC(COC(OCC[N+](C)(C)C)C(=O)O)OC(=O)CCCCCCC/C=C\C/C=C\CCCCCC. The van der Waals surface area contributed by atoms with E-state index in [2.05, 4.69) is 62.5 Å². The van der Waals surface area contributed by atoms with Crippen molar-refractivity contribution in [3.63, 3.8) is 0 Å². The molecule has 0 heterocycles. The van der Waals surface area contributed by atoms with Crippen molar-refractivity contribution in [3.8, 4) is 0 Å². The maximum Gasteiger partial charge on any atom is 0.361 e. The molecule has 2 atom stereocenters. The summed E-state index contributed by atoms with van der Waals surface area (Å²) in [5.74, 6) is -2.05. The Kier molecular flexibility index (Phi) is 35.3. The summed E-state index contributed by atoms with van der Waals surface area (Å²) in [7, 11) is 5.94. The second-order valence-electron chi connectivity index (χ2n) is 15.3. The number of carboxylic acids is 1. The number of unbranched alkanes of at least 4 members (excludes halogenated alkanes) is 15. The molecule has 2 unspecified atom stereocenters. The van der Waals surface area contributed by atoms with E-state index in [1.54, 1.807) is 0 Å². The number of likely N-dealkylation sites (N-methyl/N-ethyl adjacent to an activating group) is 1. The zero-order valence-electron chi connectivity index (χ0n) is 35.1. The highest BCUT2D eigenvalue weighted by Crippen LogP contribution is 2.12. The number of ether oxygens (including phenoxy) is 4. The predicted octanol–water partition coefficient (Wildman–Crippen LogP) is 10.8. The quantitative estimate of drug-likeness (QED) is 0.0218. The van der Waals surface area contributed by atoms with Crippen molar-refractivity contribution in [1.82, 2.24) is 0 Å². The summed E-state index contributed by atoms with van der Waals surface area (Å²) in [5, 5.41) is 9.61. The highest BCUT2D eigenvalue weighted by molar-refractivity contribution is 5.71. The third-order valence-corrected chi connectivity index (χ3v) is 8.79. The molecule has 0 bridgehead atoms. The van der Waals surface area contributed by atoms with E-state index in [-0.39, 0.29) is 38.6 Å². The lowest BCUT2D eigenvalue weighted by atomic mass is 10.1. The smallest absolute Gasteiger partial charge is 0.361 e. The van der Waals surface area contributed by atoms with Crippen molar-refractivity contribution in [2.24, 2.45) is 0 Å². The summed E-state index contributed by atoms with van der Waals surface area (Å²) < 4.78 is 22.6. The van der Waals surface area contributed by atoms with Gasteiger partial charge in [0.15, 0.2) is 6.10 Å². The molecule has 0 aliphatic rings. The zero-order valence-corrected chi connectivity index (χ0v) is 35.1. The number of allylic oxidation sites excluding steroid dienone is 8. The predicted molar refractivity (Wildman–Crippen MR) is 221 cm³/mol. The van der Waals surface area contributed by atoms with E-state index in [9.17, 15) is 19.5 Å². The van der Waals surface area contributed by atoms with Crippen LogP contribution in [0.4, 0.5) is 0 Å². The molecule has 9 nitrogen and oxygen atoms in total. The maximum atomic E-state index is 12.7. The number of carboxylic acid groups (broad SMARTS) is 1. The second-order valence-corrected chi connectivity index (χ2v) is 15.3. The molecule has 0 saturated heterocycles.